The smallest absolute Gasteiger partial charge is 0.259 e. The van der Waals surface area contributed by atoms with Gasteiger partial charge in [0.25, 0.3) is 5.91 Å². The maximum atomic E-state index is 13.1. The van der Waals surface area contributed by atoms with Crippen molar-refractivity contribution in [1.29, 1.82) is 0 Å². The molecular formula is C24H30N4O5. The number of rotatable bonds is 3. The van der Waals surface area contributed by atoms with Gasteiger partial charge in [0.05, 0.1) is 19.2 Å². The molecule has 1 unspecified atom stereocenters. The van der Waals surface area contributed by atoms with Gasteiger partial charge in [-0.25, -0.2) is 4.98 Å². The molecule has 0 bridgehead atoms. The van der Waals surface area contributed by atoms with Gasteiger partial charge in [-0.2, -0.15) is 0 Å². The molecule has 33 heavy (non-hydrogen) atoms. The van der Waals surface area contributed by atoms with Crippen LogP contribution in [0.4, 0.5) is 0 Å². The van der Waals surface area contributed by atoms with E-state index in [-0.39, 0.29) is 36.9 Å². The van der Waals surface area contributed by atoms with Gasteiger partial charge in [0.1, 0.15) is 12.2 Å². The number of amides is 2. The first kappa shape index (κ1) is 23.0. The van der Waals surface area contributed by atoms with Crippen LogP contribution >= 0.6 is 0 Å². The lowest BCUT2D eigenvalue weighted by molar-refractivity contribution is -0.134. The number of para-hydroxylation sites is 2. The summed E-state index contributed by atoms with van der Waals surface area (Å²) in [4.78, 5) is 35.7. The normalized spacial score (nSPS) is 19.9. The quantitative estimate of drug-likeness (QED) is 0.753. The molecule has 2 aliphatic heterocycles. The monoisotopic (exact) mass is 454 g/mol. The van der Waals surface area contributed by atoms with Gasteiger partial charge in [0.2, 0.25) is 11.8 Å². The van der Waals surface area contributed by atoms with E-state index >= 15 is 0 Å². The summed E-state index contributed by atoms with van der Waals surface area (Å²) >= 11 is 0. The molecule has 0 aliphatic carbocycles. The molecule has 2 aliphatic rings. The zero-order valence-corrected chi connectivity index (χ0v) is 18.9. The van der Waals surface area contributed by atoms with E-state index in [1.54, 1.807) is 47.3 Å². The van der Waals surface area contributed by atoms with Crippen molar-refractivity contribution < 1.29 is 24.2 Å². The van der Waals surface area contributed by atoms with Gasteiger partial charge in [0, 0.05) is 39.4 Å². The summed E-state index contributed by atoms with van der Waals surface area (Å²) in [6.45, 7) is 2.65. The molecule has 176 valence electrons. The SMILES string of the molecule is CN1CCN(CC(=O)N2CCCC2CO)CCOc2ccccc2Oc2ncccc2C1=O. The second-order valence-electron chi connectivity index (χ2n) is 8.32. The molecule has 2 aromatic rings. The number of ether oxygens (including phenoxy) is 2. The van der Waals surface area contributed by atoms with Crippen molar-refractivity contribution in [2.75, 3.05) is 53.0 Å². The summed E-state index contributed by atoms with van der Waals surface area (Å²) < 4.78 is 12.0. The van der Waals surface area contributed by atoms with E-state index < -0.39 is 0 Å². The van der Waals surface area contributed by atoms with Gasteiger partial charge >= 0.3 is 0 Å². The molecular weight excluding hydrogens is 424 g/mol. The Balaban J connectivity index is 1.55. The number of hydrogen-bond donors (Lipinski definition) is 1. The molecule has 1 atom stereocenters. The highest BCUT2D eigenvalue weighted by Gasteiger charge is 2.29. The van der Waals surface area contributed by atoms with E-state index in [4.69, 9.17) is 9.47 Å². The maximum absolute atomic E-state index is 13.1. The number of benzene rings is 1. The highest BCUT2D eigenvalue weighted by atomic mass is 16.5. The Labute approximate surface area is 193 Å². The van der Waals surface area contributed by atoms with Gasteiger partial charge in [-0.3, -0.25) is 14.5 Å². The van der Waals surface area contributed by atoms with Crippen LogP contribution in [0.1, 0.15) is 23.2 Å². The lowest BCUT2D eigenvalue weighted by atomic mass is 10.2. The Bertz CT molecular complexity index is 985. The summed E-state index contributed by atoms with van der Waals surface area (Å²) in [5, 5.41) is 9.57. The zero-order valence-electron chi connectivity index (χ0n) is 18.9. The van der Waals surface area contributed by atoms with Crippen molar-refractivity contribution in [3.63, 3.8) is 0 Å². The number of nitrogens with zero attached hydrogens (tertiary/aromatic N) is 4. The molecule has 0 spiro atoms. The first-order valence-electron chi connectivity index (χ1n) is 11.3. The number of pyridine rings is 1. The van der Waals surface area contributed by atoms with Crippen LogP contribution in [0.25, 0.3) is 0 Å². The van der Waals surface area contributed by atoms with Gasteiger partial charge < -0.3 is 24.4 Å². The second kappa shape index (κ2) is 10.6. The van der Waals surface area contributed by atoms with Gasteiger partial charge in [-0.05, 0) is 37.1 Å². The lowest BCUT2D eigenvalue weighted by Crippen LogP contribution is -2.46. The van der Waals surface area contributed by atoms with E-state index in [9.17, 15) is 14.7 Å². The highest BCUT2D eigenvalue weighted by molar-refractivity contribution is 5.96. The summed E-state index contributed by atoms with van der Waals surface area (Å²) in [7, 11) is 1.73. The fraction of sp³-hybridized carbons (Fsp3) is 0.458. The number of hydrogen-bond acceptors (Lipinski definition) is 7. The molecule has 1 saturated heterocycles. The standard InChI is InChI=1S/C24H30N4O5/c1-26-12-13-27(16-22(30)28-11-5-6-18(28)17-29)14-15-32-20-8-2-3-9-21(20)33-23-19(24(26)31)7-4-10-25-23/h2-4,7-10,18,29H,5-6,11-17H2,1H3. The largest absolute Gasteiger partial charge is 0.488 e. The summed E-state index contributed by atoms with van der Waals surface area (Å²) in [5.74, 6) is 1.02. The molecule has 0 saturated carbocycles. The molecule has 9 nitrogen and oxygen atoms in total. The molecule has 2 amide bonds. The van der Waals surface area contributed by atoms with Crippen LogP contribution in [0.5, 0.6) is 17.4 Å². The third-order valence-corrected chi connectivity index (χ3v) is 6.09. The molecule has 1 fully saturated rings. The molecule has 0 radical (unpaired) electrons. The zero-order chi connectivity index (χ0) is 23.2. The first-order chi connectivity index (χ1) is 16.1. The van der Waals surface area contributed by atoms with Crippen LogP contribution in [-0.2, 0) is 4.79 Å². The van der Waals surface area contributed by atoms with Crippen molar-refractivity contribution in [2.45, 2.75) is 18.9 Å². The van der Waals surface area contributed by atoms with Crippen LogP contribution in [-0.4, -0.2) is 95.6 Å². The number of aromatic nitrogens is 1. The van der Waals surface area contributed by atoms with Crippen LogP contribution in [0.2, 0.25) is 0 Å². The molecule has 1 aromatic carbocycles. The third kappa shape index (κ3) is 5.43. The maximum Gasteiger partial charge on any atom is 0.259 e. The Morgan fingerprint density at radius 1 is 1.12 bits per heavy atom. The van der Waals surface area contributed by atoms with Gasteiger partial charge in [-0.15, -0.1) is 0 Å². The number of carbonyl (C=O) groups excluding carboxylic acids is 2. The Morgan fingerprint density at radius 2 is 1.94 bits per heavy atom. The minimum Gasteiger partial charge on any atom is -0.488 e. The van der Waals surface area contributed by atoms with Crippen molar-refractivity contribution in [1.82, 2.24) is 19.7 Å². The predicted octanol–water partition coefficient (Wildman–Crippen LogP) is 1.62. The van der Waals surface area contributed by atoms with E-state index in [1.807, 2.05) is 17.0 Å². The average molecular weight is 455 g/mol. The van der Waals surface area contributed by atoms with Crippen molar-refractivity contribution in [2.24, 2.45) is 0 Å². The third-order valence-electron chi connectivity index (χ3n) is 6.09. The summed E-state index contributed by atoms with van der Waals surface area (Å²) in [5.41, 5.74) is 0.361. The van der Waals surface area contributed by atoms with Crippen LogP contribution in [0.3, 0.4) is 0 Å². The van der Waals surface area contributed by atoms with E-state index in [0.717, 1.165) is 12.8 Å². The van der Waals surface area contributed by atoms with Crippen molar-refractivity contribution in [3.8, 4) is 17.4 Å². The van der Waals surface area contributed by atoms with Crippen molar-refractivity contribution in [3.05, 3.63) is 48.2 Å². The average Bonchev–Trinajstić information content (AvgIpc) is 3.32. The van der Waals surface area contributed by atoms with E-state index in [1.165, 1.54) is 0 Å². The second-order valence-corrected chi connectivity index (χ2v) is 8.32. The van der Waals surface area contributed by atoms with Gasteiger partial charge in [-0.1, -0.05) is 12.1 Å². The number of likely N-dealkylation sites (N-methyl/N-ethyl adjacent to an activating group) is 1. The summed E-state index contributed by atoms with van der Waals surface area (Å²) in [6, 6.07) is 10.5. The Kier molecular flexibility index (Phi) is 7.41. The van der Waals surface area contributed by atoms with Crippen LogP contribution in [0.15, 0.2) is 42.6 Å². The number of likely N-dealkylation sites (tertiary alicyclic amines) is 1. The minimum atomic E-state index is -0.207. The Morgan fingerprint density at radius 3 is 2.76 bits per heavy atom. The number of fused-ring (bicyclic) bond motifs is 2. The molecule has 3 heterocycles. The van der Waals surface area contributed by atoms with E-state index in [0.29, 0.717) is 49.8 Å². The van der Waals surface area contributed by atoms with Crippen molar-refractivity contribution >= 4 is 11.8 Å². The topological polar surface area (TPSA) is 95.4 Å². The summed E-state index contributed by atoms with van der Waals surface area (Å²) in [6.07, 6.45) is 3.31. The fourth-order valence-electron chi connectivity index (χ4n) is 4.18. The number of aliphatic hydroxyl groups is 1. The first-order valence-corrected chi connectivity index (χ1v) is 11.3. The van der Waals surface area contributed by atoms with Crippen LogP contribution < -0.4 is 9.47 Å². The van der Waals surface area contributed by atoms with Gasteiger partial charge in [0.15, 0.2) is 11.5 Å². The van der Waals surface area contributed by atoms with Crippen LogP contribution in [0, 0.1) is 0 Å². The number of aliphatic hydroxyl groups excluding tert-OH is 1. The Hall–Kier alpha value is -3.17. The fourth-order valence-corrected chi connectivity index (χ4v) is 4.18. The molecule has 4 rings (SSSR count). The molecule has 9 heteroatoms. The lowest BCUT2D eigenvalue weighted by Gasteiger charge is -2.29. The predicted molar refractivity (Wildman–Crippen MR) is 121 cm³/mol. The highest BCUT2D eigenvalue weighted by Crippen LogP contribution is 2.32. The molecule has 1 N–H and O–H groups in total. The van der Waals surface area contributed by atoms with E-state index in [2.05, 4.69) is 4.98 Å². The molecule has 1 aromatic heterocycles. The minimum absolute atomic E-state index is 0.0110. The number of carbonyl (C=O) groups is 2.